The molecule has 4 nitrogen and oxygen atoms in total. The molecular formula is C11H14FN3OS. The highest BCUT2D eigenvalue weighted by molar-refractivity contribution is 8.14. The summed E-state index contributed by atoms with van der Waals surface area (Å²) in [6.45, 7) is 1.81. The first-order valence-electron chi connectivity index (χ1n) is 5.00. The Morgan fingerprint density at radius 3 is 2.65 bits per heavy atom. The number of nitrogens with one attached hydrogen (secondary N) is 2. The highest BCUT2D eigenvalue weighted by atomic mass is 32.2. The summed E-state index contributed by atoms with van der Waals surface area (Å²) in [7, 11) is 0. The molecule has 1 unspecified atom stereocenters. The zero-order valence-corrected chi connectivity index (χ0v) is 10.2. The fourth-order valence-electron chi connectivity index (χ4n) is 1.26. The summed E-state index contributed by atoms with van der Waals surface area (Å²) in [5.41, 5.74) is 5.95. The predicted molar refractivity (Wildman–Crippen MR) is 67.3 cm³/mol. The Labute approximate surface area is 103 Å². The maximum Gasteiger partial charge on any atom is 0.230 e. The third kappa shape index (κ3) is 4.86. The Hall–Kier alpha value is -1.56. The first-order valence-corrected chi connectivity index (χ1v) is 5.99. The summed E-state index contributed by atoms with van der Waals surface area (Å²) in [6.07, 6.45) is 0. The van der Waals surface area contributed by atoms with Gasteiger partial charge in [0.1, 0.15) is 5.82 Å². The van der Waals surface area contributed by atoms with Crippen LogP contribution in [0.15, 0.2) is 24.3 Å². The van der Waals surface area contributed by atoms with Crippen LogP contribution in [0.1, 0.15) is 18.5 Å². The van der Waals surface area contributed by atoms with Crippen molar-refractivity contribution in [3.8, 4) is 0 Å². The number of amidine groups is 1. The van der Waals surface area contributed by atoms with Gasteiger partial charge in [0.15, 0.2) is 5.17 Å². The molecule has 1 amide bonds. The number of hydrogen-bond donors (Lipinski definition) is 3. The van der Waals surface area contributed by atoms with Gasteiger partial charge >= 0.3 is 0 Å². The van der Waals surface area contributed by atoms with Gasteiger partial charge in [0, 0.05) is 0 Å². The van der Waals surface area contributed by atoms with Crippen LogP contribution in [0, 0.1) is 11.2 Å². The van der Waals surface area contributed by atoms with Gasteiger partial charge < -0.3 is 11.1 Å². The van der Waals surface area contributed by atoms with E-state index in [0.29, 0.717) is 0 Å². The van der Waals surface area contributed by atoms with Crippen LogP contribution in [0.25, 0.3) is 0 Å². The van der Waals surface area contributed by atoms with Crippen molar-refractivity contribution in [1.82, 2.24) is 5.32 Å². The third-order valence-electron chi connectivity index (χ3n) is 2.11. The summed E-state index contributed by atoms with van der Waals surface area (Å²) in [5.74, 6) is -0.401. The molecule has 1 atom stereocenters. The molecule has 1 rings (SSSR count). The van der Waals surface area contributed by atoms with E-state index in [9.17, 15) is 9.18 Å². The van der Waals surface area contributed by atoms with Gasteiger partial charge in [-0.1, -0.05) is 23.9 Å². The monoisotopic (exact) mass is 255 g/mol. The van der Waals surface area contributed by atoms with Crippen molar-refractivity contribution >= 4 is 22.8 Å². The van der Waals surface area contributed by atoms with Crippen LogP contribution in [0.3, 0.4) is 0 Å². The number of benzene rings is 1. The van der Waals surface area contributed by atoms with Gasteiger partial charge in [-0.25, -0.2) is 4.39 Å². The van der Waals surface area contributed by atoms with Crippen molar-refractivity contribution in [3.63, 3.8) is 0 Å². The quantitative estimate of drug-likeness (QED) is 0.565. The second-order valence-electron chi connectivity index (χ2n) is 3.49. The zero-order valence-electron chi connectivity index (χ0n) is 9.37. The molecule has 0 spiro atoms. The summed E-state index contributed by atoms with van der Waals surface area (Å²) in [6, 6.07) is 5.75. The van der Waals surface area contributed by atoms with E-state index < -0.39 is 0 Å². The fourth-order valence-corrected chi connectivity index (χ4v) is 1.63. The minimum absolute atomic E-state index is 0.0883. The Bertz CT molecular complexity index is 408. The summed E-state index contributed by atoms with van der Waals surface area (Å²) < 4.78 is 12.7. The molecule has 4 N–H and O–H groups in total. The third-order valence-corrected chi connectivity index (χ3v) is 2.82. The molecule has 6 heteroatoms. The second kappa shape index (κ2) is 6.24. The molecule has 1 aromatic rings. The highest BCUT2D eigenvalue weighted by Crippen LogP contribution is 2.13. The molecule has 0 radical (unpaired) electrons. The van der Waals surface area contributed by atoms with Gasteiger partial charge in [0.05, 0.1) is 11.8 Å². The molecule has 0 saturated heterocycles. The van der Waals surface area contributed by atoms with E-state index in [1.165, 1.54) is 12.1 Å². The molecule has 0 aliphatic carbocycles. The van der Waals surface area contributed by atoms with Crippen LogP contribution in [-0.4, -0.2) is 16.8 Å². The summed E-state index contributed by atoms with van der Waals surface area (Å²) in [4.78, 5) is 11.4. The maximum absolute atomic E-state index is 12.7. The first kappa shape index (κ1) is 13.5. The average Bonchev–Trinajstić information content (AvgIpc) is 2.27. The van der Waals surface area contributed by atoms with Gasteiger partial charge in [0.25, 0.3) is 0 Å². The topological polar surface area (TPSA) is 79.0 Å². The van der Waals surface area contributed by atoms with Gasteiger partial charge in [-0.15, -0.1) is 0 Å². The van der Waals surface area contributed by atoms with Gasteiger partial charge in [-0.05, 0) is 24.6 Å². The SMILES string of the molecule is CC(NC(=O)CSC(=N)N)c1ccc(F)cc1. The van der Waals surface area contributed by atoms with Crippen molar-refractivity contribution in [1.29, 1.82) is 5.41 Å². The number of nitrogens with two attached hydrogens (primary N) is 1. The summed E-state index contributed by atoms with van der Waals surface area (Å²) in [5, 5.41) is 9.63. The molecule has 0 heterocycles. The normalized spacial score (nSPS) is 11.9. The van der Waals surface area contributed by atoms with E-state index in [-0.39, 0.29) is 28.7 Å². The highest BCUT2D eigenvalue weighted by Gasteiger charge is 2.09. The van der Waals surface area contributed by atoms with E-state index in [4.69, 9.17) is 11.1 Å². The van der Waals surface area contributed by atoms with Gasteiger partial charge in [0.2, 0.25) is 5.91 Å². The molecule has 0 aliphatic heterocycles. The Balaban J connectivity index is 2.48. The number of thioether (sulfide) groups is 1. The molecule has 92 valence electrons. The zero-order chi connectivity index (χ0) is 12.8. The number of halogens is 1. The standard InChI is InChI=1S/C11H14FN3OS/c1-7(8-2-4-9(12)5-3-8)15-10(16)6-17-11(13)14/h2-5,7H,6H2,1H3,(H3,13,14)(H,15,16). The second-order valence-corrected chi connectivity index (χ2v) is 4.51. The lowest BCUT2D eigenvalue weighted by Gasteiger charge is -2.13. The lowest BCUT2D eigenvalue weighted by atomic mass is 10.1. The van der Waals surface area contributed by atoms with E-state index in [0.717, 1.165) is 17.3 Å². The van der Waals surface area contributed by atoms with Crippen LogP contribution in [-0.2, 0) is 4.79 Å². The lowest BCUT2D eigenvalue weighted by molar-refractivity contribution is -0.119. The van der Waals surface area contributed by atoms with E-state index in [1.807, 2.05) is 6.92 Å². The minimum Gasteiger partial charge on any atom is -0.379 e. The van der Waals surface area contributed by atoms with Crippen molar-refractivity contribution < 1.29 is 9.18 Å². The number of hydrogen-bond acceptors (Lipinski definition) is 3. The number of rotatable bonds is 4. The van der Waals surface area contributed by atoms with Crippen molar-refractivity contribution in [2.75, 3.05) is 5.75 Å². The first-order chi connectivity index (χ1) is 7.99. The molecule has 0 bridgehead atoms. The van der Waals surface area contributed by atoms with Crippen LogP contribution in [0.2, 0.25) is 0 Å². The molecule has 0 aromatic heterocycles. The largest absolute Gasteiger partial charge is 0.379 e. The molecule has 1 aromatic carbocycles. The van der Waals surface area contributed by atoms with Crippen molar-refractivity contribution in [3.05, 3.63) is 35.6 Å². The van der Waals surface area contributed by atoms with E-state index >= 15 is 0 Å². The minimum atomic E-state index is -0.306. The molecule has 0 saturated carbocycles. The Morgan fingerprint density at radius 1 is 1.53 bits per heavy atom. The van der Waals surface area contributed by atoms with Crippen LogP contribution in [0.4, 0.5) is 4.39 Å². The van der Waals surface area contributed by atoms with Crippen molar-refractivity contribution in [2.45, 2.75) is 13.0 Å². The van der Waals surface area contributed by atoms with Crippen LogP contribution < -0.4 is 11.1 Å². The smallest absolute Gasteiger partial charge is 0.230 e. The molecule has 0 fully saturated rings. The van der Waals surface area contributed by atoms with Gasteiger partial charge in [-0.2, -0.15) is 0 Å². The number of amides is 1. The predicted octanol–water partition coefficient (Wildman–Crippen LogP) is 1.63. The van der Waals surface area contributed by atoms with Gasteiger partial charge in [-0.3, -0.25) is 10.2 Å². The van der Waals surface area contributed by atoms with Crippen molar-refractivity contribution in [2.24, 2.45) is 5.73 Å². The Kier molecular flexibility index (Phi) is 4.96. The molecular weight excluding hydrogens is 241 g/mol. The van der Waals surface area contributed by atoms with Crippen LogP contribution >= 0.6 is 11.8 Å². The molecule has 17 heavy (non-hydrogen) atoms. The fraction of sp³-hybridized carbons (Fsp3) is 0.273. The van der Waals surface area contributed by atoms with E-state index in [2.05, 4.69) is 5.32 Å². The summed E-state index contributed by atoms with van der Waals surface area (Å²) >= 11 is 0.968. The van der Waals surface area contributed by atoms with Crippen LogP contribution in [0.5, 0.6) is 0 Å². The lowest BCUT2D eigenvalue weighted by Crippen LogP contribution is -2.29. The van der Waals surface area contributed by atoms with E-state index in [1.54, 1.807) is 12.1 Å². The number of carbonyl (C=O) groups excluding carboxylic acids is 1. The Morgan fingerprint density at radius 2 is 2.12 bits per heavy atom. The molecule has 0 aliphatic rings. The number of carbonyl (C=O) groups is 1. The maximum atomic E-state index is 12.7. The average molecular weight is 255 g/mol.